The minimum Gasteiger partial charge on any atom is -0.466 e. The molecule has 23 nitrogen and oxygen atoms in total. The summed E-state index contributed by atoms with van der Waals surface area (Å²) in [5, 5.41) is 59.8. The molecule has 5 aliphatic rings. The van der Waals surface area contributed by atoms with Gasteiger partial charge in [-0.15, -0.1) is 0 Å². The third-order valence-electron chi connectivity index (χ3n) is 12.1. The van der Waals surface area contributed by atoms with Gasteiger partial charge in [-0.05, 0) is 134 Å². The molecule has 23 heteroatoms. The predicted molar refractivity (Wildman–Crippen MR) is 253 cm³/mol. The van der Waals surface area contributed by atoms with E-state index in [2.05, 4.69) is 21.3 Å². The van der Waals surface area contributed by atoms with E-state index in [1.165, 1.54) is 18.9 Å². The van der Waals surface area contributed by atoms with E-state index in [1.54, 1.807) is 89.2 Å². The third kappa shape index (κ3) is 16.6. The average Bonchev–Trinajstić information content (AvgIpc) is 3.93. The number of rotatable bonds is 13. The van der Waals surface area contributed by atoms with Gasteiger partial charge < -0.3 is 89.4 Å². The van der Waals surface area contributed by atoms with Crippen molar-refractivity contribution in [1.82, 2.24) is 31.1 Å². The van der Waals surface area contributed by atoms with Crippen molar-refractivity contribution in [2.45, 2.75) is 217 Å². The van der Waals surface area contributed by atoms with E-state index in [4.69, 9.17) is 37.9 Å². The molecular formula is C48H82N6O17. The lowest BCUT2D eigenvalue weighted by molar-refractivity contribution is -0.311. The summed E-state index contributed by atoms with van der Waals surface area (Å²) in [5.74, 6) is 0.0688. The van der Waals surface area contributed by atoms with E-state index in [-0.39, 0.29) is 25.8 Å². The number of likely N-dealkylation sites (N-methyl/N-ethyl adjacent to an activating group) is 1. The second-order valence-corrected chi connectivity index (χ2v) is 23.7. The van der Waals surface area contributed by atoms with Gasteiger partial charge in [0.05, 0.1) is 43.9 Å². The number of nitrogens with one attached hydrogen (secondary N) is 4. The maximum atomic E-state index is 14.4. The lowest BCUT2D eigenvalue weighted by Gasteiger charge is -2.50. The van der Waals surface area contributed by atoms with Crippen molar-refractivity contribution < 1.29 is 82.3 Å². The first-order valence-corrected chi connectivity index (χ1v) is 24.6. The van der Waals surface area contributed by atoms with Gasteiger partial charge in [-0.3, -0.25) is 4.79 Å². The number of likely N-dealkylation sites (tertiary alicyclic amines) is 1. The second kappa shape index (κ2) is 22.1. The van der Waals surface area contributed by atoms with Crippen LogP contribution in [0.4, 0.5) is 19.2 Å². The molecule has 8 N–H and O–H groups in total. The van der Waals surface area contributed by atoms with Crippen LogP contribution in [0.25, 0.3) is 0 Å². The van der Waals surface area contributed by atoms with Crippen LogP contribution in [0, 0.1) is 5.92 Å². The Morgan fingerprint density at radius 3 is 1.85 bits per heavy atom. The monoisotopic (exact) mass is 1010 g/mol. The molecule has 3 heterocycles. The van der Waals surface area contributed by atoms with Crippen LogP contribution in [0.3, 0.4) is 0 Å². The zero-order valence-electron chi connectivity index (χ0n) is 44.0. The molecule has 5 rings (SSSR count). The van der Waals surface area contributed by atoms with Crippen molar-refractivity contribution in [1.29, 1.82) is 0 Å². The number of aliphatic hydroxyl groups is 4. The van der Waals surface area contributed by atoms with Crippen LogP contribution < -0.4 is 21.3 Å². The number of amides is 5. The Labute approximate surface area is 417 Å². The number of alkyl carbamates (subject to hydrolysis) is 2. The molecular weight excluding hydrogens is 933 g/mol. The third-order valence-corrected chi connectivity index (χ3v) is 12.1. The highest BCUT2D eigenvalue weighted by molar-refractivity contribution is 5.87. The van der Waals surface area contributed by atoms with E-state index in [9.17, 15) is 44.4 Å². The van der Waals surface area contributed by atoms with Gasteiger partial charge in [0.2, 0.25) is 6.29 Å². The first-order valence-electron chi connectivity index (χ1n) is 24.6. The number of carbonyl (C=O) groups excluding carboxylic acids is 5. The Morgan fingerprint density at radius 1 is 0.761 bits per heavy atom. The minimum atomic E-state index is -2.17. The van der Waals surface area contributed by atoms with Crippen LogP contribution in [-0.2, 0) is 42.7 Å². The van der Waals surface area contributed by atoms with Crippen LogP contribution in [0.1, 0.15) is 122 Å². The summed E-state index contributed by atoms with van der Waals surface area (Å²) < 4.78 is 47.7. The SMILES string of the molecule is CN(C(=O)OC(C)(C)C)[C@@H]1[C@@H](O)[C@@H](O[C@@H]2[C@@H](O)[C@H](O[C@H]3OC(CNCC4CC4)=CC[C@H]3NC(=O)OC(C)(C)C)[C@@H](NC(=O)OC(C)(C)C)C[C@H]2NC(=O)C2(O)CCN(C(=O)OC(C)(C)C)C2)OC[C@]1(C)O. The highest BCUT2D eigenvalue weighted by atomic mass is 16.7. The predicted octanol–water partition coefficient (Wildman–Crippen LogP) is 2.50. The Kier molecular flexibility index (Phi) is 17.9. The number of β-amino-alcohol motifs (C(OH)–C–C–N with tert-alkyl or cyclic N) is 1. The van der Waals surface area contributed by atoms with Crippen molar-refractivity contribution in [2.24, 2.45) is 5.92 Å². The summed E-state index contributed by atoms with van der Waals surface area (Å²) in [5.41, 5.74) is -7.69. The van der Waals surface area contributed by atoms with Gasteiger partial charge >= 0.3 is 24.4 Å². The average molecular weight is 1020 g/mol. The molecule has 2 aliphatic carbocycles. The lowest BCUT2D eigenvalue weighted by Crippen LogP contribution is -2.71. The van der Waals surface area contributed by atoms with Crippen LogP contribution in [0.2, 0.25) is 0 Å². The molecule has 0 aromatic rings. The molecule has 5 amide bonds. The minimum absolute atomic E-state index is 0.0359. The number of hydrogen-bond acceptors (Lipinski definition) is 18. The maximum Gasteiger partial charge on any atom is 0.410 e. The fourth-order valence-corrected chi connectivity index (χ4v) is 8.73. The van der Waals surface area contributed by atoms with Crippen molar-refractivity contribution >= 4 is 30.3 Å². The molecule has 0 spiro atoms. The summed E-state index contributed by atoms with van der Waals surface area (Å²) >= 11 is 0. The standard InChI is InChI=1S/C48H82N6O17/c1-43(2,3)68-39(58)51-28-18-17-27(23-49-22-26-15-16-26)65-36(28)66-34-30(52-40(59)69-44(4,5)6)21-29(50-38(57)48(63)19-20-54(24-48)42(61)71-46(10,11)12)33(31(34)55)67-37-32(56)35(47(13,62)25-64-37)53(14)41(60)70-45(7,8)9/h17,26,28-37,49,55-56,62-63H,15-16,18-25H2,1-14H3,(H,50,57)(H,51,58)(H,52,59)/t28-,29-,30+,31-,32-,33+,34-,35-,36-,37-,47+,48?/m1/s1. The van der Waals surface area contributed by atoms with Crippen LogP contribution in [-0.4, -0.2) is 195 Å². The van der Waals surface area contributed by atoms with Crippen LogP contribution >= 0.6 is 0 Å². The van der Waals surface area contributed by atoms with Gasteiger partial charge in [0.1, 0.15) is 58.2 Å². The molecule has 406 valence electrons. The molecule has 4 fully saturated rings. The lowest BCUT2D eigenvalue weighted by atomic mass is 9.82. The summed E-state index contributed by atoms with van der Waals surface area (Å²) in [6.45, 7) is 21.5. The largest absolute Gasteiger partial charge is 0.466 e. The van der Waals surface area contributed by atoms with Gasteiger partial charge in [0.25, 0.3) is 5.91 Å². The summed E-state index contributed by atoms with van der Waals surface area (Å²) in [6.07, 6.45) is -9.47. The summed E-state index contributed by atoms with van der Waals surface area (Å²) in [4.78, 5) is 69.9. The Bertz CT molecular complexity index is 1920. The summed E-state index contributed by atoms with van der Waals surface area (Å²) in [7, 11) is 1.33. The van der Waals surface area contributed by atoms with Crippen molar-refractivity contribution in [2.75, 3.05) is 39.8 Å². The number of aliphatic hydroxyl groups excluding tert-OH is 2. The smallest absolute Gasteiger partial charge is 0.410 e. The van der Waals surface area contributed by atoms with E-state index in [1.807, 2.05) is 0 Å². The molecule has 12 atom stereocenters. The molecule has 71 heavy (non-hydrogen) atoms. The maximum absolute atomic E-state index is 14.4. The first kappa shape index (κ1) is 57.7. The molecule has 0 bridgehead atoms. The van der Waals surface area contributed by atoms with Crippen molar-refractivity contribution in [3.63, 3.8) is 0 Å². The van der Waals surface area contributed by atoms with Crippen molar-refractivity contribution in [3.8, 4) is 0 Å². The van der Waals surface area contributed by atoms with Crippen molar-refractivity contribution in [3.05, 3.63) is 11.8 Å². The van der Waals surface area contributed by atoms with E-state index in [0.717, 1.165) is 24.3 Å². The van der Waals surface area contributed by atoms with Crippen LogP contribution in [0.15, 0.2) is 11.8 Å². The molecule has 0 radical (unpaired) electrons. The number of hydrogen-bond donors (Lipinski definition) is 8. The Hall–Kier alpha value is -4.23. The molecule has 1 unspecified atom stereocenters. The highest BCUT2D eigenvalue weighted by Gasteiger charge is 2.56. The van der Waals surface area contributed by atoms with Gasteiger partial charge in [0, 0.05) is 20.0 Å². The van der Waals surface area contributed by atoms with E-state index in [0.29, 0.717) is 18.2 Å². The summed E-state index contributed by atoms with van der Waals surface area (Å²) in [6, 6.07) is -4.91. The van der Waals surface area contributed by atoms with E-state index < -0.39 is 138 Å². The second-order valence-electron chi connectivity index (χ2n) is 23.7. The van der Waals surface area contributed by atoms with E-state index >= 15 is 0 Å². The number of carbonyl (C=O) groups is 5. The van der Waals surface area contributed by atoms with Gasteiger partial charge in [-0.25, -0.2) is 19.2 Å². The van der Waals surface area contributed by atoms with Gasteiger partial charge in [-0.1, -0.05) is 0 Å². The zero-order chi connectivity index (χ0) is 53.2. The fraction of sp³-hybridized carbons (Fsp3) is 0.854. The first-order chi connectivity index (χ1) is 32.5. The number of ether oxygens (including phenoxy) is 8. The molecule has 2 saturated heterocycles. The molecule has 0 aromatic carbocycles. The molecule has 2 saturated carbocycles. The molecule has 3 aliphatic heterocycles. The topological polar surface area (TPSA) is 295 Å². The Morgan fingerprint density at radius 2 is 1.30 bits per heavy atom. The normalized spacial score (nSPS) is 32.6. The Balaban J connectivity index is 1.53. The van der Waals surface area contributed by atoms with Gasteiger partial charge in [0.15, 0.2) is 11.9 Å². The highest BCUT2D eigenvalue weighted by Crippen LogP contribution is 2.36. The van der Waals surface area contributed by atoms with Gasteiger partial charge in [-0.2, -0.15) is 0 Å². The molecule has 0 aromatic heterocycles. The van der Waals surface area contributed by atoms with Crippen LogP contribution in [0.5, 0.6) is 0 Å². The zero-order valence-corrected chi connectivity index (χ0v) is 44.0. The fourth-order valence-electron chi connectivity index (χ4n) is 8.73. The number of nitrogens with zero attached hydrogens (tertiary/aromatic N) is 2. The quantitative estimate of drug-likeness (QED) is 0.123.